The number of hydrogen-bond acceptors (Lipinski definition) is 2. The SMILES string of the molecule is C[C@H]1[C@@H](OCc2ccccc2)C=CC[C@H]1O[Si](C)(C)C(C)(C)C. The maximum absolute atomic E-state index is 6.65. The minimum absolute atomic E-state index is 0.138. The molecule has 23 heavy (non-hydrogen) atoms. The lowest BCUT2D eigenvalue weighted by Crippen LogP contribution is -2.47. The summed E-state index contributed by atoms with van der Waals surface area (Å²) in [7, 11) is -1.74. The Labute approximate surface area is 143 Å². The van der Waals surface area contributed by atoms with E-state index in [0.717, 1.165) is 6.42 Å². The van der Waals surface area contributed by atoms with Crippen LogP contribution in [-0.2, 0) is 15.8 Å². The normalized spacial score (nSPS) is 25.6. The Kier molecular flexibility index (Phi) is 5.87. The summed E-state index contributed by atoms with van der Waals surface area (Å²) in [4.78, 5) is 0. The van der Waals surface area contributed by atoms with Crippen molar-refractivity contribution in [1.82, 2.24) is 0 Å². The van der Waals surface area contributed by atoms with Crippen LogP contribution < -0.4 is 0 Å². The van der Waals surface area contributed by atoms with Gasteiger partial charge >= 0.3 is 0 Å². The molecule has 0 fully saturated rings. The van der Waals surface area contributed by atoms with Gasteiger partial charge in [-0.15, -0.1) is 0 Å². The van der Waals surface area contributed by atoms with Crippen LogP contribution in [-0.4, -0.2) is 20.5 Å². The molecule has 2 rings (SSSR count). The summed E-state index contributed by atoms with van der Waals surface area (Å²) >= 11 is 0. The van der Waals surface area contributed by atoms with E-state index in [4.69, 9.17) is 9.16 Å². The Bertz CT molecular complexity index is 516. The Morgan fingerprint density at radius 1 is 1.13 bits per heavy atom. The van der Waals surface area contributed by atoms with E-state index in [2.05, 4.69) is 77.2 Å². The molecule has 0 aliphatic heterocycles. The lowest BCUT2D eigenvalue weighted by atomic mass is 9.90. The highest BCUT2D eigenvalue weighted by Gasteiger charge is 2.41. The second-order valence-electron chi connectivity index (χ2n) is 8.20. The lowest BCUT2D eigenvalue weighted by molar-refractivity contribution is -0.0136. The molecular weight excluding hydrogens is 300 g/mol. The molecule has 0 saturated heterocycles. The van der Waals surface area contributed by atoms with Gasteiger partial charge in [-0.2, -0.15) is 0 Å². The van der Waals surface area contributed by atoms with Crippen LogP contribution in [0.1, 0.15) is 39.7 Å². The predicted molar refractivity (Wildman–Crippen MR) is 100 cm³/mol. The van der Waals surface area contributed by atoms with Crippen LogP contribution in [0.5, 0.6) is 0 Å². The van der Waals surface area contributed by atoms with Crippen molar-refractivity contribution in [3.05, 3.63) is 48.0 Å². The molecule has 1 aromatic carbocycles. The van der Waals surface area contributed by atoms with Crippen molar-refractivity contribution in [3.8, 4) is 0 Å². The van der Waals surface area contributed by atoms with E-state index in [1.54, 1.807) is 0 Å². The van der Waals surface area contributed by atoms with E-state index in [9.17, 15) is 0 Å². The van der Waals surface area contributed by atoms with Crippen LogP contribution in [0, 0.1) is 5.92 Å². The van der Waals surface area contributed by atoms with E-state index >= 15 is 0 Å². The smallest absolute Gasteiger partial charge is 0.192 e. The molecule has 1 aromatic rings. The van der Waals surface area contributed by atoms with Crippen LogP contribution in [0.4, 0.5) is 0 Å². The van der Waals surface area contributed by atoms with Crippen molar-refractivity contribution in [1.29, 1.82) is 0 Å². The summed E-state index contributed by atoms with van der Waals surface area (Å²) < 4.78 is 12.8. The first-order valence-corrected chi connectivity index (χ1v) is 11.6. The molecule has 0 aromatic heterocycles. The maximum Gasteiger partial charge on any atom is 0.192 e. The van der Waals surface area contributed by atoms with Crippen molar-refractivity contribution in [2.75, 3.05) is 0 Å². The Balaban J connectivity index is 1.97. The van der Waals surface area contributed by atoms with Crippen molar-refractivity contribution in [2.24, 2.45) is 5.92 Å². The van der Waals surface area contributed by atoms with Gasteiger partial charge in [-0.1, -0.05) is 70.2 Å². The zero-order valence-electron chi connectivity index (χ0n) is 15.5. The standard InChI is InChI=1S/C20H32O2Si/c1-16-18(21-15-17-11-8-7-9-12-17)13-10-14-19(16)22-23(5,6)20(2,3)4/h7-13,16,18-19H,14-15H2,1-6H3/t16-,18-,19+/m0/s1. The van der Waals surface area contributed by atoms with Gasteiger partial charge in [-0.25, -0.2) is 0 Å². The van der Waals surface area contributed by atoms with Gasteiger partial charge in [0.1, 0.15) is 0 Å². The molecule has 0 heterocycles. The fourth-order valence-electron chi connectivity index (χ4n) is 2.63. The zero-order chi connectivity index (χ0) is 17.1. The van der Waals surface area contributed by atoms with Crippen LogP contribution in [0.2, 0.25) is 18.1 Å². The highest BCUT2D eigenvalue weighted by atomic mass is 28.4. The maximum atomic E-state index is 6.65. The molecule has 3 heteroatoms. The highest BCUT2D eigenvalue weighted by Crippen LogP contribution is 2.39. The quantitative estimate of drug-likeness (QED) is 0.519. The van der Waals surface area contributed by atoms with Gasteiger partial charge in [0.05, 0.1) is 18.8 Å². The molecule has 1 aliphatic carbocycles. The fourth-order valence-corrected chi connectivity index (χ4v) is 4.05. The van der Waals surface area contributed by atoms with Crippen molar-refractivity contribution in [2.45, 2.75) is 71.1 Å². The van der Waals surface area contributed by atoms with Gasteiger partial charge in [0.15, 0.2) is 8.32 Å². The summed E-state index contributed by atoms with van der Waals surface area (Å²) in [5, 5.41) is 0.244. The summed E-state index contributed by atoms with van der Waals surface area (Å²) in [6, 6.07) is 10.4. The van der Waals surface area contributed by atoms with Gasteiger partial charge in [-0.3, -0.25) is 0 Å². The molecule has 3 atom stereocenters. The highest BCUT2D eigenvalue weighted by molar-refractivity contribution is 6.74. The van der Waals surface area contributed by atoms with Crippen molar-refractivity contribution >= 4 is 8.32 Å². The molecule has 0 spiro atoms. The van der Waals surface area contributed by atoms with Gasteiger partial charge < -0.3 is 9.16 Å². The Morgan fingerprint density at radius 3 is 2.39 bits per heavy atom. The fraction of sp³-hybridized carbons (Fsp3) is 0.600. The second-order valence-corrected chi connectivity index (χ2v) is 13.0. The van der Waals surface area contributed by atoms with Gasteiger partial charge in [0, 0.05) is 5.92 Å². The van der Waals surface area contributed by atoms with E-state index < -0.39 is 8.32 Å². The molecule has 0 amide bonds. The van der Waals surface area contributed by atoms with E-state index in [1.807, 2.05) is 6.07 Å². The third-order valence-corrected chi connectivity index (χ3v) is 9.84. The minimum Gasteiger partial charge on any atom is -0.413 e. The molecule has 0 bridgehead atoms. The molecule has 0 N–H and O–H groups in total. The van der Waals surface area contributed by atoms with Gasteiger partial charge in [-0.05, 0) is 30.1 Å². The van der Waals surface area contributed by atoms with Crippen LogP contribution in [0.15, 0.2) is 42.5 Å². The largest absolute Gasteiger partial charge is 0.413 e. The van der Waals surface area contributed by atoms with Crippen LogP contribution >= 0.6 is 0 Å². The average Bonchev–Trinajstić information content (AvgIpc) is 2.48. The summed E-state index contributed by atoms with van der Waals surface area (Å²) in [5.41, 5.74) is 1.22. The molecule has 0 radical (unpaired) electrons. The third-order valence-electron chi connectivity index (χ3n) is 5.34. The number of hydrogen-bond donors (Lipinski definition) is 0. The molecule has 0 saturated carbocycles. The third kappa shape index (κ3) is 4.79. The number of benzene rings is 1. The Morgan fingerprint density at radius 2 is 1.78 bits per heavy atom. The average molecular weight is 333 g/mol. The van der Waals surface area contributed by atoms with Crippen molar-refractivity contribution in [3.63, 3.8) is 0 Å². The van der Waals surface area contributed by atoms with Gasteiger partial charge in [0.25, 0.3) is 0 Å². The topological polar surface area (TPSA) is 18.5 Å². The summed E-state index contributed by atoms with van der Waals surface area (Å²) in [6.07, 6.45) is 5.84. The van der Waals surface area contributed by atoms with E-state index in [-0.39, 0.29) is 17.2 Å². The van der Waals surface area contributed by atoms with E-state index in [1.165, 1.54) is 5.56 Å². The summed E-state index contributed by atoms with van der Waals surface area (Å²) in [5.74, 6) is 0.387. The molecule has 2 nitrogen and oxygen atoms in total. The summed E-state index contributed by atoms with van der Waals surface area (Å²) in [6.45, 7) is 14.5. The zero-order valence-corrected chi connectivity index (χ0v) is 16.5. The van der Waals surface area contributed by atoms with Gasteiger partial charge in [0.2, 0.25) is 0 Å². The Hall–Kier alpha value is -0.903. The van der Waals surface area contributed by atoms with Crippen LogP contribution in [0.25, 0.3) is 0 Å². The molecule has 1 aliphatic rings. The van der Waals surface area contributed by atoms with E-state index in [0.29, 0.717) is 12.5 Å². The second kappa shape index (κ2) is 7.33. The number of ether oxygens (including phenoxy) is 1. The number of rotatable bonds is 5. The first-order chi connectivity index (χ1) is 10.7. The molecule has 128 valence electrons. The van der Waals surface area contributed by atoms with Crippen molar-refractivity contribution < 1.29 is 9.16 Å². The lowest BCUT2D eigenvalue weighted by Gasteiger charge is -2.43. The predicted octanol–water partition coefficient (Wildman–Crippen LogP) is 5.56. The monoisotopic (exact) mass is 332 g/mol. The minimum atomic E-state index is -1.74. The first kappa shape index (κ1) is 18.4. The first-order valence-electron chi connectivity index (χ1n) is 8.71. The molecular formula is C20H32O2Si. The molecule has 0 unspecified atom stereocenters. The van der Waals surface area contributed by atoms with Crippen LogP contribution in [0.3, 0.4) is 0 Å².